The van der Waals surface area contributed by atoms with Crippen LogP contribution in [0, 0.1) is 0 Å². The number of piperazine rings is 1. The summed E-state index contributed by atoms with van der Waals surface area (Å²) in [5.74, 6) is 0.938. The molecule has 2 aromatic carbocycles. The molecule has 0 N–H and O–H groups in total. The Morgan fingerprint density at radius 1 is 0.864 bits per heavy atom. The Balaban J connectivity index is 1.96. The van der Waals surface area contributed by atoms with E-state index in [1.54, 1.807) is 0 Å². The minimum atomic E-state index is 0.938. The van der Waals surface area contributed by atoms with E-state index in [1.165, 1.54) is 16.5 Å². The number of rotatable bonds is 1. The van der Waals surface area contributed by atoms with Crippen LogP contribution in [0.25, 0.3) is 12.0 Å². The Hall–Kier alpha value is -2.26. The van der Waals surface area contributed by atoms with E-state index in [1.807, 2.05) is 18.4 Å². The summed E-state index contributed by atoms with van der Waals surface area (Å²) < 4.78 is 5.93. The fourth-order valence-electron chi connectivity index (χ4n) is 3.22. The van der Waals surface area contributed by atoms with Crippen LogP contribution in [0.2, 0.25) is 0 Å². The van der Waals surface area contributed by atoms with Gasteiger partial charge in [0.25, 0.3) is 0 Å². The number of fused-ring (bicyclic) bond motifs is 2. The minimum Gasteiger partial charge on any atom is -0.464 e. The molecule has 2 aliphatic rings. The van der Waals surface area contributed by atoms with Crippen molar-refractivity contribution in [2.45, 2.75) is 0 Å². The van der Waals surface area contributed by atoms with Crippen molar-refractivity contribution in [3.63, 3.8) is 0 Å². The third-order valence-electron chi connectivity index (χ3n) is 4.49. The molecule has 0 bridgehead atoms. The summed E-state index contributed by atoms with van der Waals surface area (Å²) in [6.45, 7) is 4.29. The first-order chi connectivity index (χ1) is 10.8. The highest BCUT2D eigenvalue weighted by Gasteiger charge is 2.21. The number of para-hydroxylation sites is 1. The zero-order chi connectivity index (χ0) is 14.9. The molecule has 2 heterocycles. The Labute approximate surface area is 130 Å². The van der Waals surface area contributed by atoms with Gasteiger partial charge in [0.15, 0.2) is 0 Å². The standard InChI is InChI=1S/C19H20N2O/c1-20-10-12-21(13-11-20)19-16-7-3-2-6-15(16)14-22-18-9-5-4-8-17(18)19/h2-9,14H,10-13H2,1H3. The van der Waals surface area contributed by atoms with Gasteiger partial charge in [-0.25, -0.2) is 0 Å². The molecule has 0 aromatic heterocycles. The number of ether oxygens (including phenoxy) is 1. The Morgan fingerprint density at radius 2 is 1.59 bits per heavy atom. The molecular weight excluding hydrogens is 272 g/mol. The lowest BCUT2D eigenvalue weighted by molar-refractivity contribution is 0.206. The van der Waals surface area contributed by atoms with Crippen molar-refractivity contribution in [2.24, 2.45) is 0 Å². The summed E-state index contributed by atoms with van der Waals surface area (Å²) in [5.41, 5.74) is 2.49. The number of likely N-dealkylation sites (N-methyl/N-ethyl adjacent to an activating group) is 1. The molecule has 0 saturated carbocycles. The van der Waals surface area contributed by atoms with Crippen LogP contribution in [0.1, 0.15) is 5.56 Å². The molecule has 3 heteroatoms. The number of hydrogen-bond acceptors (Lipinski definition) is 3. The summed E-state index contributed by atoms with van der Waals surface area (Å²) >= 11 is 0. The maximum atomic E-state index is 5.93. The molecule has 2 aromatic rings. The van der Waals surface area contributed by atoms with Gasteiger partial charge in [-0.2, -0.15) is 0 Å². The fourth-order valence-corrected chi connectivity index (χ4v) is 3.22. The van der Waals surface area contributed by atoms with Crippen LogP contribution in [0.4, 0.5) is 0 Å². The second kappa shape index (κ2) is 5.50. The van der Waals surface area contributed by atoms with Crippen LogP contribution >= 0.6 is 0 Å². The Bertz CT molecular complexity index is 804. The first kappa shape index (κ1) is 13.4. The van der Waals surface area contributed by atoms with E-state index in [-0.39, 0.29) is 0 Å². The molecule has 0 unspecified atom stereocenters. The highest BCUT2D eigenvalue weighted by molar-refractivity contribution is 5.71. The monoisotopic (exact) mass is 292 g/mol. The molecule has 22 heavy (non-hydrogen) atoms. The summed E-state index contributed by atoms with van der Waals surface area (Å²) in [6, 6.07) is 16.8. The van der Waals surface area contributed by atoms with E-state index in [0.29, 0.717) is 0 Å². The molecule has 3 nitrogen and oxygen atoms in total. The maximum absolute atomic E-state index is 5.93. The molecule has 112 valence electrons. The second-order valence-electron chi connectivity index (χ2n) is 5.96. The SMILES string of the molecule is CN1CCN(C2=c3ccccc3=COc3ccccc32)CC1. The second-order valence-corrected chi connectivity index (χ2v) is 5.96. The van der Waals surface area contributed by atoms with Crippen LogP contribution in [0.15, 0.2) is 48.5 Å². The summed E-state index contributed by atoms with van der Waals surface area (Å²) in [4.78, 5) is 4.88. The van der Waals surface area contributed by atoms with Crippen molar-refractivity contribution in [2.75, 3.05) is 33.2 Å². The Morgan fingerprint density at radius 3 is 2.45 bits per heavy atom. The van der Waals surface area contributed by atoms with Gasteiger partial charge < -0.3 is 14.5 Å². The van der Waals surface area contributed by atoms with Gasteiger partial charge in [-0.05, 0) is 19.2 Å². The molecule has 0 amide bonds. The normalized spacial score (nSPS) is 17.9. The molecule has 1 fully saturated rings. The quantitative estimate of drug-likeness (QED) is 0.786. The maximum Gasteiger partial charge on any atom is 0.135 e. The van der Waals surface area contributed by atoms with Crippen molar-refractivity contribution >= 4 is 12.0 Å². The molecule has 0 atom stereocenters. The molecule has 0 aliphatic carbocycles. The zero-order valence-corrected chi connectivity index (χ0v) is 12.8. The first-order valence-electron chi connectivity index (χ1n) is 7.82. The van der Waals surface area contributed by atoms with Crippen molar-refractivity contribution in [3.05, 3.63) is 64.5 Å². The van der Waals surface area contributed by atoms with Crippen LogP contribution < -0.4 is 15.2 Å². The van der Waals surface area contributed by atoms with E-state index >= 15 is 0 Å². The molecule has 0 radical (unpaired) electrons. The summed E-state index contributed by atoms with van der Waals surface area (Å²) in [5, 5.41) is 2.41. The summed E-state index contributed by atoms with van der Waals surface area (Å²) in [7, 11) is 2.19. The molecule has 2 aliphatic heterocycles. The average Bonchev–Trinajstić information content (AvgIpc) is 2.73. The lowest BCUT2D eigenvalue weighted by Gasteiger charge is -2.36. The van der Waals surface area contributed by atoms with E-state index in [0.717, 1.165) is 37.1 Å². The minimum absolute atomic E-state index is 0.938. The predicted octanol–water partition coefficient (Wildman–Crippen LogP) is 1.22. The highest BCUT2D eigenvalue weighted by Crippen LogP contribution is 2.28. The van der Waals surface area contributed by atoms with Crippen molar-refractivity contribution in [3.8, 4) is 5.75 Å². The predicted molar refractivity (Wildman–Crippen MR) is 88.8 cm³/mol. The van der Waals surface area contributed by atoms with Gasteiger partial charge in [0.2, 0.25) is 0 Å². The van der Waals surface area contributed by atoms with Gasteiger partial charge in [-0.3, -0.25) is 0 Å². The van der Waals surface area contributed by atoms with E-state index in [4.69, 9.17) is 4.74 Å². The third-order valence-corrected chi connectivity index (χ3v) is 4.49. The highest BCUT2D eigenvalue weighted by atomic mass is 16.5. The van der Waals surface area contributed by atoms with Crippen LogP contribution in [0.3, 0.4) is 0 Å². The first-order valence-corrected chi connectivity index (χ1v) is 7.82. The largest absolute Gasteiger partial charge is 0.464 e. The van der Waals surface area contributed by atoms with Crippen LogP contribution in [-0.4, -0.2) is 43.0 Å². The Kier molecular flexibility index (Phi) is 3.35. The van der Waals surface area contributed by atoms with Crippen molar-refractivity contribution < 1.29 is 4.74 Å². The van der Waals surface area contributed by atoms with Gasteiger partial charge in [0.05, 0.1) is 12.0 Å². The van der Waals surface area contributed by atoms with Crippen LogP contribution in [0.5, 0.6) is 5.75 Å². The molecule has 1 saturated heterocycles. The van der Waals surface area contributed by atoms with Gasteiger partial charge in [-0.1, -0.05) is 36.4 Å². The van der Waals surface area contributed by atoms with Gasteiger partial charge in [0.1, 0.15) is 5.75 Å². The lowest BCUT2D eigenvalue weighted by Crippen LogP contribution is -2.46. The smallest absolute Gasteiger partial charge is 0.135 e. The fraction of sp³-hybridized carbons (Fsp3) is 0.263. The third kappa shape index (κ3) is 2.28. The number of benzene rings is 2. The number of hydrogen-bond donors (Lipinski definition) is 0. The topological polar surface area (TPSA) is 15.7 Å². The molecule has 0 spiro atoms. The molecule has 4 rings (SSSR count). The van der Waals surface area contributed by atoms with E-state index in [2.05, 4.69) is 53.2 Å². The average molecular weight is 292 g/mol. The number of nitrogens with zero attached hydrogens (tertiary/aromatic N) is 2. The van der Waals surface area contributed by atoms with Gasteiger partial charge >= 0.3 is 0 Å². The van der Waals surface area contributed by atoms with Gasteiger partial charge in [-0.15, -0.1) is 0 Å². The van der Waals surface area contributed by atoms with Crippen molar-refractivity contribution in [1.82, 2.24) is 9.80 Å². The molecular formula is C19H20N2O. The summed E-state index contributed by atoms with van der Waals surface area (Å²) in [6.07, 6.45) is 1.87. The van der Waals surface area contributed by atoms with E-state index in [9.17, 15) is 0 Å². The van der Waals surface area contributed by atoms with Gasteiger partial charge in [0, 0.05) is 42.2 Å². The lowest BCUT2D eigenvalue weighted by atomic mass is 10.1. The van der Waals surface area contributed by atoms with Crippen LogP contribution in [-0.2, 0) is 0 Å². The van der Waals surface area contributed by atoms with E-state index < -0.39 is 0 Å². The zero-order valence-electron chi connectivity index (χ0n) is 12.8. The van der Waals surface area contributed by atoms with Crippen molar-refractivity contribution in [1.29, 1.82) is 0 Å².